The van der Waals surface area contributed by atoms with Crippen molar-refractivity contribution in [3.05, 3.63) is 23.3 Å². The first-order valence-electron chi connectivity index (χ1n) is 5.90. The summed E-state index contributed by atoms with van der Waals surface area (Å²) in [5.74, 6) is -0.0341. The van der Waals surface area contributed by atoms with Gasteiger partial charge < -0.3 is 4.74 Å². The van der Waals surface area contributed by atoms with Crippen molar-refractivity contribution in [2.75, 3.05) is 6.61 Å². The average Bonchev–Trinajstić information content (AvgIpc) is 2.25. The van der Waals surface area contributed by atoms with Crippen molar-refractivity contribution in [2.24, 2.45) is 0 Å². The highest BCUT2D eigenvalue weighted by Crippen LogP contribution is 2.38. The summed E-state index contributed by atoms with van der Waals surface area (Å²) in [4.78, 5) is 11.8. The molecule has 1 heterocycles. The van der Waals surface area contributed by atoms with E-state index in [0.717, 1.165) is 5.56 Å². The van der Waals surface area contributed by atoms with Gasteiger partial charge in [-0.15, -0.1) is 0 Å². The average molecular weight is 303 g/mol. The molecule has 0 aliphatic carbocycles. The minimum Gasteiger partial charge on any atom is -0.491 e. The quantitative estimate of drug-likeness (QED) is 0.748. The Hall–Kier alpha value is -1.07. The Bertz CT molecular complexity index is 641. The summed E-state index contributed by atoms with van der Waals surface area (Å²) in [6.45, 7) is 5.99. The highest BCUT2D eigenvalue weighted by molar-refractivity contribution is 8.13. The lowest BCUT2D eigenvalue weighted by atomic mass is 9.85. The highest BCUT2D eigenvalue weighted by Gasteiger charge is 2.30. The molecule has 1 aliphatic heterocycles. The van der Waals surface area contributed by atoms with Crippen molar-refractivity contribution in [3.63, 3.8) is 0 Å². The van der Waals surface area contributed by atoms with Crippen LogP contribution >= 0.6 is 10.7 Å². The molecule has 0 radical (unpaired) electrons. The van der Waals surface area contributed by atoms with Crippen LogP contribution in [0.25, 0.3) is 0 Å². The minimum absolute atomic E-state index is 0.0826. The van der Waals surface area contributed by atoms with E-state index in [1.807, 2.05) is 20.8 Å². The number of hydrogen-bond donors (Lipinski definition) is 0. The minimum atomic E-state index is -3.96. The van der Waals surface area contributed by atoms with Crippen molar-refractivity contribution >= 4 is 25.5 Å². The van der Waals surface area contributed by atoms with E-state index in [4.69, 9.17) is 15.4 Å². The van der Waals surface area contributed by atoms with Gasteiger partial charge in [0, 0.05) is 17.1 Å². The Kier molecular flexibility index (Phi) is 3.39. The van der Waals surface area contributed by atoms with E-state index < -0.39 is 9.05 Å². The standard InChI is InChI=1S/C13H15ClO4S/c1-13(2,3)8-6-9-10(15)4-5-18-12(9)11(7-8)19(14,16)17/h6-7H,4-5H2,1-3H3. The van der Waals surface area contributed by atoms with Gasteiger partial charge in [-0.2, -0.15) is 0 Å². The van der Waals surface area contributed by atoms with Crippen molar-refractivity contribution in [1.82, 2.24) is 0 Å². The Labute approximate surface area is 117 Å². The third kappa shape index (κ3) is 2.77. The van der Waals surface area contributed by atoms with Gasteiger partial charge >= 0.3 is 0 Å². The summed E-state index contributed by atoms with van der Waals surface area (Å²) >= 11 is 0. The summed E-state index contributed by atoms with van der Waals surface area (Å²) in [6.07, 6.45) is 0.252. The highest BCUT2D eigenvalue weighted by atomic mass is 35.7. The number of hydrogen-bond acceptors (Lipinski definition) is 4. The van der Waals surface area contributed by atoms with E-state index in [9.17, 15) is 13.2 Å². The van der Waals surface area contributed by atoms with E-state index in [-0.39, 0.29) is 34.9 Å². The van der Waals surface area contributed by atoms with Gasteiger partial charge in [-0.05, 0) is 23.1 Å². The first-order valence-corrected chi connectivity index (χ1v) is 8.21. The number of carbonyl (C=O) groups is 1. The molecule has 19 heavy (non-hydrogen) atoms. The zero-order valence-electron chi connectivity index (χ0n) is 11.0. The Morgan fingerprint density at radius 1 is 1.26 bits per heavy atom. The van der Waals surface area contributed by atoms with E-state index >= 15 is 0 Å². The van der Waals surface area contributed by atoms with Crippen molar-refractivity contribution in [2.45, 2.75) is 37.5 Å². The maximum absolute atomic E-state index is 11.9. The summed E-state index contributed by atoms with van der Waals surface area (Å²) in [7, 11) is 1.49. The number of rotatable bonds is 1. The second kappa shape index (κ2) is 4.49. The van der Waals surface area contributed by atoms with Gasteiger partial charge in [0.15, 0.2) is 5.78 Å². The lowest BCUT2D eigenvalue weighted by Crippen LogP contribution is -2.20. The molecule has 6 heteroatoms. The van der Waals surface area contributed by atoms with Gasteiger partial charge in [0.1, 0.15) is 10.6 Å². The first-order chi connectivity index (χ1) is 8.60. The molecule has 0 atom stereocenters. The van der Waals surface area contributed by atoms with Gasteiger partial charge in [-0.3, -0.25) is 4.79 Å². The number of fused-ring (bicyclic) bond motifs is 1. The number of halogens is 1. The largest absolute Gasteiger partial charge is 0.491 e. The monoisotopic (exact) mass is 302 g/mol. The predicted octanol–water partition coefficient (Wildman–Crippen LogP) is 2.88. The SMILES string of the molecule is CC(C)(C)c1cc2c(c(S(=O)(=O)Cl)c1)OCCC2=O. The fourth-order valence-corrected chi connectivity index (χ4v) is 2.95. The zero-order valence-corrected chi connectivity index (χ0v) is 12.6. The molecule has 0 N–H and O–H groups in total. The molecule has 0 amide bonds. The number of ketones is 1. The van der Waals surface area contributed by atoms with E-state index in [1.54, 1.807) is 6.07 Å². The van der Waals surface area contributed by atoms with Gasteiger partial charge in [-0.1, -0.05) is 20.8 Å². The summed E-state index contributed by atoms with van der Waals surface area (Å²) in [5, 5.41) is 0. The molecule has 0 bridgehead atoms. The molecule has 1 aliphatic rings. The Balaban J connectivity index is 2.80. The maximum Gasteiger partial charge on any atom is 0.265 e. The second-order valence-corrected chi connectivity index (χ2v) is 8.09. The molecule has 2 rings (SSSR count). The van der Waals surface area contributed by atoms with Crippen LogP contribution in [0.2, 0.25) is 0 Å². The van der Waals surface area contributed by atoms with Gasteiger partial charge in [0.2, 0.25) is 0 Å². The fraction of sp³-hybridized carbons (Fsp3) is 0.462. The maximum atomic E-state index is 11.9. The molecule has 0 unspecified atom stereocenters. The van der Waals surface area contributed by atoms with E-state index in [0.29, 0.717) is 5.56 Å². The second-order valence-electron chi connectivity index (χ2n) is 5.56. The Morgan fingerprint density at radius 3 is 2.42 bits per heavy atom. The van der Waals surface area contributed by atoms with Crippen molar-refractivity contribution < 1.29 is 17.9 Å². The van der Waals surface area contributed by atoms with E-state index in [1.165, 1.54) is 6.07 Å². The lowest BCUT2D eigenvalue weighted by Gasteiger charge is -2.24. The molecule has 0 saturated carbocycles. The molecular formula is C13H15ClO4S. The predicted molar refractivity (Wildman–Crippen MR) is 72.6 cm³/mol. The van der Waals surface area contributed by atoms with Crippen LogP contribution in [0.4, 0.5) is 0 Å². The molecular weight excluding hydrogens is 288 g/mol. The number of ether oxygens (including phenoxy) is 1. The van der Waals surface area contributed by atoms with Crippen LogP contribution in [-0.4, -0.2) is 20.8 Å². The van der Waals surface area contributed by atoms with Crippen LogP contribution in [0.5, 0.6) is 5.75 Å². The van der Waals surface area contributed by atoms with Crippen LogP contribution in [-0.2, 0) is 14.5 Å². The van der Waals surface area contributed by atoms with E-state index in [2.05, 4.69) is 0 Å². The summed E-state index contributed by atoms with van der Waals surface area (Å²) in [5.41, 5.74) is 0.755. The normalized spacial score (nSPS) is 15.9. The molecule has 0 aromatic heterocycles. The Morgan fingerprint density at radius 2 is 1.89 bits per heavy atom. The first kappa shape index (κ1) is 14.3. The van der Waals surface area contributed by atoms with Crippen molar-refractivity contribution in [1.29, 1.82) is 0 Å². The smallest absolute Gasteiger partial charge is 0.265 e. The van der Waals surface area contributed by atoms with Crippen LogP contribution in [0, 0.1) is 0 Å². The van der Waals surface area contributed by atoms with Crippen LogP contribution in [0.1, 0.15) is 43.1 Å². The zero-order chi connectivity index (χ0) is 14.4. The fourth-order valence-electron chi connectivity index (χ4n) is 1.95. The molecule has 104 valence electrons. The number of Topliss-reactive ketones (excluding diaryl/α,β-unsaturated/α-hetero) is 1. The topological polar surface area (TPSA) is 60.4 Å². The molecule has 1 aromatic carbocycles. The van der Waals surface area contributed by atoms with Crippen molar-refractivity contribution in [3.8, 4) is 5.75 Å². The third-order valence-electron chi connectivity index (χ3n) is 3.06. The van der Waals surface area contributed by atoms with Crippen LogP contribution in [0.15, 0.2) is 17.0 Å². The molecule has 0 saturated heterocycles. The van der Waals surface area contributed by atoms with Gasteiger partial charge in [0.25, 0.3) is 9.05 Å². The van der Waals surface area contributed by atoms with Crippen LogP contribution in [0.3, 0.4) is 0 Å². The molecule has 1 aromatic rings. The summed E-state index contributed by atoms with van der Waals surface area (Å²) < 4.78 is 28.7. The molecule has 0 spiro atoms. The third-order valence-corrected chi connectivity index (χ3v) is 4.39. The number of carbonyl (C=O) groups excluding carboxylic acids is 1. The van der Waals surface area contributed by atoms with Gasteiger partial charge in [-0.25, -0.2) is 8.42 Å². The number of benzene rings is 1. The summed E-state index contributed by atoms with van der Waals surface area (Å²) in [6, 6.07) is 3.18. The lowest BCUT2D eigenvalue weighted by molar-refractivity contribution is 0.0931. The van der Waals surface area contributed by atoms with Crippen LogP contribution < -0.4 is 4.74 Å². The molecule has 0 fully saturated rings. The molecule has 4 nitrogen and oxygen atoms in total. The van der Waals surface area contributed by atoms with Gasteiger partial charge in [0.05, 0.1) is 12.2 Å².